The highest BCUT2D eigenvalue weighted by Gasteiger charge is 1.96. The van der Waals surface area contributed by atoms with Crippen LogP contribution in [-0.2, 0) is 0 Å². The van der Waals surface area contributed by atoms with Gasteiger partial charge in [-0.05, 0) is 23.8 Å². The molecule has 4 nitrogen and oxygen atoms in total. The number of hydrogen-bond donors (Lipinski definition) is 1. The molecule has 0 bridgehead atoms. The van der Waals surface area contributed by atoms with Gasteiger partial charge in [-0.3, -0.25) is 0 Å². The van der Waals surface area contributed by atoms with Gasteiger partial charge in [0.25, 0.3) is 0 Å². The molecule has 0 saturated heterocycles. The van der Waals surface area contributed by atoms with Gasteiger partial charge >= 0.3 is 6.01 Å². The molecule has 15 heavy (non-hydrogen) atoms. The molecule has 0 unspecified atom stereocenters. The van der Waals surface area contributed by atoms with Crippen molar-refractivity contribution in [1.29, 1.82) is 0 Å². The first-order chi connectivity index (χ1) is 7.24. The number of nitrogens with zero attached hydrogens (tertiary/aromatic N) is 2. The summed E-state index contributed by atoms with van der Waals surface area (Å²) in [5, 5.41) is 7.14. The first-order valence-corrected chi connectivity index (χ1v) is 4.27. The minimum absolute atomic E-state index is 0.0220. The second-order valence-corrected chi connectivity index (χ2v) is 2.86. The maximum atomic E-state index is 12.6. The first-order valence-electron chi connectivity index (χ1n) is 4.27. The number of halogens is 1. The van der Waals surface area contributed by atoms with Gasteiger partial charge in [0.2, 0.25) is 5.89 Å². The van der Waals surface area contributed by atoms with Crippen LogP contribution in [0.5, 0.6) is 0 Å². The van der Waals surface area contributed by atoms with E-state index in [1.54, 1.807) is 24.3 Å². The minimum Gasteiger partial charge on any atom is -0.404 e. The van der Waals surface area contributed by atoms with Crippen molar-refractivity contribution in [2.45, 2.75) is 0 Å². The van der Waals surface area contributed by atoms with E-state index >= 15 is 0 Å². The van der Waals surface area contributed by atoms with Crippen LogP contribution < -0.4 is 5.73 Å². The predicted octanol–water partition coefficient (Wildman–Crippen LogP) is 1.96. The van der Waals surface area contributed by atoms with Crippen LogP contribution in [-0.4, -0.2) is 10.2 Å². The molecular formula is C10H8FN3O. The Bertz CT molecular complexity index is 476. The molecule has 1 aromatic carbocycles. The molecule has 2 N–H and O–H groups in total. The number of benzene rings is 1. The normalized spacial score (nSPS) is 11.0. The highest BCUT2D eigenvalue weighted by atomic mass is 19.1. The van der Waals surface area contributed by atoms with Crippen LogP contribution in [0.15, 0.2) is 28.7 Å². The summed E-state index contributed by atoms with van der Waals surface area (Å²) in [6.07, 6.45) is 3.34. The first kappa shape index (κ1) is 9.39. The molecule has 0 radical (unpaired) electrons. The summed E-state index contributed by atoms with van der Waals surface area (Å²) in [6, 6.07) is 6.06. The fourth-order valence-electron chi connectivity index (χ4n) is 1.06. The third-order valence-corrected chi connectivity index (χ3v) is 1.74. The Hall–Kier alpha value is -2.17. The Morgan fingerprint density at radius 3 is 2.47 bits per heavy atom. The van der Waals surface area contributed by atoms with Crippen molar-refractivity contribution in [2.24, 2.45) is 0 Å². The molecule has 1 aromatic heterocycles. The summed E-state index contributed by atoms with van der Waals surface area (Å²) in [5.74, 6) is 0.0472. The summed E-state index contributed by atoms with van der Waals surface area (Å²) in [6.45, 7) is 0. The van der Waals surface area contributed by atoms with Gasteiger partial charge in [-0.25, -0.2) is 4.39 Å². The largest absolute Gasteiger partial charge is 0.404 e. The zero-order valence-corrected chi connectivity index (χ0v) is 7.72. The molecule has 0 aliphatic heterocycles. The van der Waals surface area contributed by atoms with Gasteiger partial charge in [-0.2, -0.15) is 0 Å². The smallest absolute Gasteiger partial charge is 0.313 e. The van der Waals surface area contributed by atoms with Crippen molar-refractivity contribution in [3.05, 3.63) is 41.5 Å². The lowest BCUT2D eigenvalue weighted by Crippen LogP contribution is -1.81. The molecule has 0 aliphatic rings. The summed E-state index contributed by atoms with van der Waals surface area (Å²) in [7, 11) is 0. The van der Waals surface area contributed by atoms with Gasteiger partial charge in [0.1, 0.15) is 5.82 Å². The second kappa shape index (κ2) is 3.91. The van der Waals surface area contributed by atoms with Crippen LogP contribution in [0.25, 0.3) is 12.2 Å². The number of nitrogens with two attached hydrogens (primary N) is 1. The van der Waals surface area contributed by atoms with Crippen LogP contribution in [0, 0.1) is 5.82 Å². The predicted molar refractivity (Wildman–Crippen MR) is 54.0 cm³/mol. The Balaban J connectivity index is 2.14. The van der Waals surface area contributed by atoms with Gasteiger partial charge in [0.15, 0.2) is 0 Å². The summed E-state index contributed by atoms with van der Waals surface area (Å²) in [4.78, 5) is 0. The fraction of sp³-hybridized carbons (Fsp3) is 0. The highest BCUT2D eigenvalue weighted by molar-refractivity contribution is 5.65. The van der Waals surface area contributed by atoms with Crippen molar-refractivity contribution in [2.75, 3.05) is 5.73 Å². The quantitative estimate of drug-likeness (QED) is 0.813. The standard InChI is InChI=1S/C10H8FN3O/c11-8-4-1-7(2-5-8)3-6-9-13-14-10(12)15-9/h1-6H,(H2,12,14)/b6-3+. The average Bonchev–Trinajstić information content (AvgIpc) is 2.64. The number of anilines is 1. The van der Waals surface area contributed by atoms with E-state index in [1.165, 1.54) is 12.1 Å². The lowest BCUT2D eigenvalue weighted by atomic mass is 10.2. The highest BCUT2D eigenvalue weighted by Crippen LogP contribution is 2.08. The van der Waals surface area contributed by atoms with Crippen molar-refractivity contribution >= 4 is 18.2 Å². The molecule has 0 saturated carbocycles. The molecule has 0 atom stereocenters. The van der Waals surface area contributed by atoms with E-state index < -0.39 is 0 Å². The van der Waals surface area contributed by atoms with E-state index in [0.717, 1.165) is 5.56 Å². The Labute approximate surface area is 85.2 Å². The van der Waals surface area contributed by atoms with Crippen LogP contribution in [0.4, 0.5) is 10.4 Å². The van der Waals surface area contributed by atoms with Crippen molar-refractivity contribution in [1.82, 2.24) is 10.2 Å². The molecule has 0 spiro atoms. The van der Waals surface area contributed by atoms with E-state index in [9.17, 15) is 4.39 Å². The third-order valence-electron chi connectivity index (χ3n) is 1.74. The average molecular weight is 205 g/mol. The molecule has 5 heteroatoms. The minimum atomic E-state index is -0.269. The number of nitrogen functional groups attached to an aromatic ring is 1. The lowest BCUT2D eigenvalue weighted by Gasteiger charge is -1.90. The fourth-order valence-corrected chi connectivity index (χ4v) is 1.06. The van der Waals surface area contributed by atoms with Crippen molar-refractivity contribution < 1.29 is 8.81 Å². The lowest BCUT2D eigenvalue weighted by molar-refractivity contribution is 0.563. The van der Waals surface area contributed by atoms with E-state index in [4.69, 9.17) is 10.2 Å². The SMILES string of the molecule is Nc1nnc(/C=C/c2ccc(F)cc2)o1. The number of aromatic nitrogens is 2. The van der Waals surface area contributed by atoms with Gasteiger partial charge in [0.05, 0.1) is 0 Å². The van der Waals surface area contributed by atoms with Crippen LogP contribution in [0.1, 0.15) is 11.5 Å². The van der Waals surface area contributed by atoms with E-state index in [2.05, 4.69) is 10.2 Å². The molecule has 2 aromatic rings. The molecular weight excluding hydrogens is 197 g/mol. The Morgan fingerprint density at radius 2 is 1.87 bits per heavy atom. The van der Waals surface area contributed by atoms with E-state index in [0.29, 0.717) is 5.89 Å². The molecule has 2 rings (SSSR count). The van der Waals surface area contributed by atoms with Gasteiger partial charge < -0.3 is 10.2 Å². The topological polar surface area (TPSA) is 64.9 Å². The molecule has 0 aliphatic carbocycles. The van der Waals surface area contributed by atoms with Crippen molar-refractivity contribution in [3.8, 4) is 0 Å². The maximum absolute atomic E-state index is 12.6. The summed E-state index contributed by atoms with van der Waals surface area (Å²) in [5.41, 5.74) is 6.08. The van der Waals surface area contributed by atoms with Crippen molar-refractivity contribution in [3.63, 3.8) is 0 Å². The zero-order chi connectivity index (χ0) is 10.7. The molecule has 0 amide bonds. The third kappa shape index (κ3) is 2.40. The van der Waals surface area contributed by atoms with E-state index in [-0.39, 0.29) is 11.8 Å². The zero-order valence-electron chi connectivity index (χ0n) is 7.72. The van der Waals surface area contributed by atoms with Crippen LogP contribution >= 0.6 is 0 Å². The second-order valence-electron chi connectivity index (χ2n) is 2.86. The summed E-state index contributed by atoms with van der Waals surface area (Å²) < 4.78 is 17.5. The van der Waals surface area contributed by atoms with Crippen LogP contribution in [0.3, 0.4) is 0 Å². The number of hydrogen-bond acceptors (Lipinski definition) is 4. The summed E-state index contributed by atoms with van der Waals surface area (Å²) >= 11 is 0. The van der Waals surface area contributed by atoms with Gasteiger partial charge in [0, 0.05) is 6.08 Å². The molecule has 76 valence electrons. The Kier molecular flexibility index (Phi) is 2.45. The number of rotatable bonds is 2. The maximum Gasteiger partial charge on any atom is 0.313 e. The Morgan fingerprint density at radius 1 is 1.13 bits per heavy atom. The van der Waals surface area contributed by atoms with E-state index in [1.807, 2.05) is 0 Å². The van der Waals surface area contributed by atoms with Crippen LogP contribution in [0.2, 0.25) is 0 Å². The molecule has 1 heterocycles. The van der Waals surface area contributed by atoms with Gasteiger partial charge in [-0.1, -0.05) is 17.2 Å². The monoisotopic (exact) mass is 205 g/mol. The van der Waals surface area contributed by atoms with Gasteiger partial charge in [-0.15, -0.1) is 5.10 Å². The molecule has 0 fully saturated rings.